The topological polar surface area (TPSA) is 51.0 Å². The molecule has 15 heavy (non-hydrogen) atoms. The minimum Gasteiger partial charge on any atom is -0.377 e. The lowest BCUT2D eigenvalue weighted by Gasteiger charge is -2.13. The van der Waals surface area contributed by atoms with Crippen LogP contribution in [0.5, 0.6) is 0 Å². The average molecular weight is 204 g/mol. The van der Waals surface area contributed by atoms with E-state index in [4.69, 9.17) is 10.5 Å². The number of methoxy groups -OCH3 is 1. The van der Waals surface area contributed by atoms with Crippen LogP contribution in [-0.4, -0.2) is 18.6 Å². The summed E-state index contributed by atoms with van der Waals surface area (Å²) >= 11 is 0. The van der Waals surface area contributed by atoms with Gasteiger partial charge in [0, 0.05) is 29.8 Å². The molecular formula is C12H16N2O. The molecule has 0 aliphatic rings. The molecule has 0 amide bonds. The minimum absolute atomic E-state index is 0.0890. The summed E-state index contributed by atoms with van der Waals surface area (Å²) in [5.74, 6) is 0. The second kappa shape index (κ2) is 4.47. The van der Waals surface area contributed by atoms with Crippen LogP contribution in [0.2, 0.25) is 0 Å². The summed E-state index contributed by atoms with van der Waals surface area (Å²) < 4.78 is 5.44. The van der Waals surface area contributed by atoms with Gasteiger partial charge in [0.2, 0.25) is 0 Å². The molecule has 80 valence electrons. The number of nitrogens with one attached hydrogen (secondary N) is 1. The molecule has 0 saturated heterocycles. The highest BCUT2D eigenvalue weighted by Crippen LogP contribution is 2.27. The van der Waals surface area contributed by atoms with Crippen molar-refractivity contribution in [3.63, 3.8) is 0 Å². The van der Waals surface area contributed by atoms with Gasteiger partial charge in [0.1, 0.15) is 0 Å². The Morgan fingerprint density at radius 1 is 1.40 bits per heavy atom. The Morgan fingerprint density at radius 3 is 2.93 bits per heavy atom. The molecule has 3 heteroatoms. The molecular weight excluding hydrogens is 188 g/mol. The summed E-state index contributed by atoms with van der Waals surface area (Å²) in [7, 11) is 1.72. The molecule has 0 aliphatic heterocycles. The van der Waals surface area contributed by atoms with E-state index in [1.807, 2.05) is 18.3 Å². The summed E-state index contributed by atoms with van der Waals surface area (Å²) in [6, 6.07) is 8.22. The molecule has 2 rings (SSSR count). The van der Waals surface area contributed by atoms with Crippen LogP contribution < -0.4 is 5.73 Å². The number of benzene rings is 1. The predicted octanol–water partition coefficient (Wildman–Crippen LogP) is 2.20. The van der Waals surface area contributed by atoms with Crippen molar-refractivity contribution in [2.45, 2.75) is 12.5 Å². The lowest BCUT2D eigenvalue weighted by molar-refractivity contribution is 0.0989. The molecule has 0 radical (unpaired) electrons. The Labute approximate surface area is 89.2 Å². The van der Waals surface area contributed by atoms with Gasteiger partial charge in [-0.15, -0.1) is 0 Å². The molecule has 0 bridgehead atoms. The summed E-state index contributed by atoms with van der Waals surface area (Å²) in [6.07, 6.45) is 2.94. The van der Waals surface area contributed by atoms with Crippen LogP contribution in [0.3, 0.4) is 0 Å². The lowest BCUT2D eigenvalue weighted by atomic mass is 10.1. The first-order valence-electron chi connectivity index (χ1n) is 5.15. The normalized spacial score (nSPS) is 13.2. The van der Waals surface area contributed by atoms with Gasteiger partial charge < -0.3 is 15.5 Å². The smallest absolute Gasteiger partial charge is 0.0853 e. The van der Waals surface area contributed by atoms with E-state index in [-0.39, 0.29) is 6.10 Å². The zero-order chi connectivity index (χ0) is 10.7. The molecule has 0 saturated carbocycles. The quantitative estimate of drug-likeness (QED) is 0.802. The van der Waals surface area contributed by atoms with Gasteiger partial charge in [-0.3, -0.25) is 0 Å². The van der Waals surface area contributed by atoms with Crippen LogP contribution in [0.25, 0.3) is 10.9 Å². The molecule has 3 N–H and O–H groups in total. The molecule has 1 heterocycles. The first-order valence-corrected chi connectivity index (χ1v) is 5.15. The van der Waals surface area contributed by atoms with Gasteiger partial charge in [0.25, 0.3) is 0 Å². The second-order valence-electron chi connectivity index (χ2n) is 3.59. The molecule has 1 aromatic heterocycles. The van der Waals surface area contributed by atoms with E-state index in [1.54, 1.807) is 7.11 Å². The van der Waals surface area contributed by atoms with Gasteiger partial charge in [0.05, 0.1) is 6.10 Å². The van der Waals surface area contributed by atoms with E-state index >= 15 is 0 Å². The predicted molar refractivity (Wildman–Crippen MR) is 61.7 cm³/mol. The van der Waals surface area contributed by atoms with Gasteiger partial charge >= 0.3 is 0 Å². The standard InChI is InChI=1S/C12H16N2O/c1-15-12(6-7-13)10-8-14-11-5-3-2-4-9(10)11/h2-5,8,12,14H,6-7,13H2,1H3. The van der Waals surface area contributed by atoms with E-state index in [2.05, 4.69) is 17.1 Å². The summed E-state index contributed by atoms with van der Waals surface area (Å²) in [5.41, 5.74) is 7.90. The Kier molecular flexibility index (Phi) is 3.04. The van der Waals surface area contributed by atoms with E-state index in [0.29, 0.717) is 6.54 Å². The number of hydrogen-bond donors (Lipinski definition) is 2. The van der Waals surface area contributed by atoms with Crippen molar-refractivity contribution < 1.29 is 4.74 Å². The van der Waals surface area contributed by atoms with E-state index in [1.165, 1.54) is 10.9 Å². The molecule has 1 unspecified atom stereocenters. The summed E-state index contributed by atoms with van der Waals surface area (Å²) in [5, 5.41) is 1.22. The number of para-hydroxylation sites is 1. The van der Waals surface area contributed by atoms with Crippen LogP contribution in [-0.2, 0) is 4.74 Å². The second-order valence-corrected chi connectivity index (χ2v) is 3.59. The first kappa shape index (κ1) is 10.2. The maximum absolute atomic E-state index is 5.56. The van der Waals surface area contributed by atoms with E-state index in [9.17, 15) is 0 Å². The largest absolute Gasteiger partial charge is 0.377 e. The SMILES string of the molecule is COC(CCN)c1c[nH]c2ccccc12. The van der Waals surface area contributed by atoms with Crippen molar-refractivity contribution >= 4 is 10.9 Å². The highest BCUT2D eigenvalue weighted by molar-refractivity contribution is 5.83. The van der Waals surface area contributed by atoms with Gasteiger partial charge in [-0.05, 0) is 19.0 Å². The van der Waals surface area contributed by atoms with Crippen molar-refractivity contribution in [2.24, 2.45) is 5.73 Å². The average Bonchev–Trinajstić information content (AvgIpc) is 2.70. The molecule has 1 atom stereocenters. The number of rotatable bonds is 4. The van der Waals surface area contributed by atoms with Crippen molar-refractivity contribution in [2.75, 3.05) is 13.7 Å². The number of fused-ring (bicyclic) bond motifs is 1. The van der Waals surface area contributed by atoms with Gasteiger partial charge in [-0.2, -0.15) is 0 Å². The number of aromatic nitrogens is 1. The fraction of sp³-hybridized carbons (Fsp3) is 0.333. The highest BCUT2D eigenvalue weighted by atomic mass is 16.5. The van der Waals surface area contributed by atoms with Crippen molar-refractivity contribution in [3.8, 4) is 0 Å². The number of H-pyrrole nitrogens is 1. The van der Waals surface area contributed by atoms with Crippen molar-refractivity contribution in [1.82, 2.24) is 4.98 Å². The third-order valence-electron chi connectivity index (χ3n) is 2.68. The number of ether oxygens (including phenoxy) is 1. The fourth-order valence-electron chi connectivity index (χ4n) is 1.91. The van der Waals surface area contributed by atoms with Gasteiger partial charge in [-0.1, -0.05) is 18.2 Å². The highest BCUT2D eigenvalue weighted by Gasteiger charge is 2.13. The Bertz CT molecular complexity index is 436. The number of aromatic amines is 1. The molecule has 2 aromatic rings. The zero-order valence-corrected chi connectivity index (χ0v) is 8.86. The van der Waals surface area contributed by atoms with Gasteiger partial charge in [-0.25, -0.2) is 0 Å². The van der Waals surface area contributed by atoms with Crippen LogP contribution >= 0.6 is 0 Å². The molecule has 0 spiro atoms. The molecule has 0 fully saturated rings. The maximum atomic E-state index is 5.56. The fourth-order valence-corrected chi connectivity index (χ4v) is 1.91. The van der Waals surface area contributed by atoms with Crippen LogP contribution in [0.1, 0.15) is 18.1 Å². The van der Waals surface area contributed by atoms with E-state index in [0.717, 1.165) is 11.9 Å². The van der Waals surface area contributed by atoms with E-state index < -0.39 is 0 Å². The molecule has 0 aliphatic carbocycles. The lowest BCUT2D eigenvalue weighted by Crippen LogP contribution is -2.08. The van der Waals surface area contributed by atoms with Crippen LogP contribution in [0.4, 0.5) is 0 Å². The Balaban J connectivity index is 2.41. The monoisotopic (exact) mass is 204 g/mol. The molecule has 3 nitrogen and oxygen atoms in total. The molecule has 1 aromatic carbocycles. The van der Waals surface area contributed by atoms with Crippen LogP contribution in [0, 0.1) is 0 Å². The minimum atomic E-state index is 0.0890. The Hall–Kier alpha value is -1.32. The van der Waals surface area contributed by atoms with Crippen LogP contribution in [0.15, 0.2) is 30.5 Å². The summed E-state index contributed by atoms with van der Waals surface area (Å²) in [6.45, 7) is 0.637. The first-order chi connectivity index (χ1) is 7.36. The Morgan fingerprint density at radius 2 is 2.20 bits per heavy atom. The van der Waals surface area contributed by atoms with Gasteiger partial charge in [0.15, 0.2) is 0 Å². The summed E-state index contributed by atoms with van der Waals surface area (Å²) in [4.78, 5) is 3.24. The van der Waals surface area contributed by atoms with Crippen molar-refractivity contribution in [1.29, 1.82) is 0 Å². The number of nitrogens with two attached hydrogens (primary N) is 1. The number of hydrogen-bond acceptors (Lipinski definition) is 2. The maximum Gasteiger partial charge on any atom is 0.0853 e. The zero-order valence-electron chi connectivity index (χ0n) is 8.86. The van der Waals surface area contributed by atoms with Crippen molar-refractivity contribution in [3.05, 3.63) is 36.0 Å². The third-order valence-corrected chi connectivity index (χ3v) is 2.68. The third kappa shape index (κ3) is 1.89.